The minimum atomic E-state index is 0.406. The highest BCUT2D eigenvalue weighted by atomic mass is 35.5. The summed E-state index contributed by atoms with van der Waals surface area (Å²) < 4.78 is 5.54. The maximum absolute atomic E-state index is 6.08. The molecule has 94 valence electrons. The van der Waals surface area contributed by atoms with Crippen molar-refractivity contribution in [3.8, 4) is 11.6 Å². The van der Waals surface area contributed by atoms with E-state index in [-0.39, 0.29) is 0 Å². The van der Waals surface area contributed by atoms with Crippen LogP contribution in [0.1, 0.15) is 0 Å². The summed E-state index contributed by atoms with van der Waals surface area (Å²) in [6, 6.07) is 5.37. The van der Waals surface area contributed by atoms with E-state index >= 15 is 0 Å². The predicted octanol–water partition coefficient (Wildman–Crippen LogP) is 4.12. The molecule has 2 heterocycles. The van der Waals surface area contributed by atoms with E-state index in [1.807, 2.05) is 12.1 Å². The van der Waals surface area contributed by atoms with Gasteiger partial charge in [-0.05, 0) is 12.1 Å². The average Bonchev–Trinajstić information content (AvgIpc) is 2.44. The van der Waals surface area contributed by atoms with Gasteiger partial charge in [-0.1, -0.05) is 29.3 Å². The summed E-state index contributed by atoms with van der Waals surface area (Å²) in [4.78, 5) is 12.2. The Hall–Kier alpha value is -1.91. The average molecular weight is 292 g/mol. The third kappa shape index (κ3) is 2.45. The van der Waals surface area contributed by atoms with Gasteiger partial charge in [0.15, 0.2) is 0 Å². The number of hydrogen-bond donors (Lipinski definition) is 0. The zero-order valence-corrected chi connectivity index (χ0v) is 11.1. The van der Waals surface area contributed by atoms with Gasteiger partial charge >= 0.3 is 0 Å². The van der Waals surface area contributed by atoms with Crippen molar-refractivity contribution in [3.05, 3.63) is 53.0 Å². The molecule has 0 bridgehead atoms. The van der Waals surface area contributed by atoms with Crippen LogP contribution in [-0.4, -0.2) is 15.0 Å². The van der Waals surface area contributed by atoms with Crippen LogP contribution in [0.2, 0.25) is 10.0 Å². The number of aromatic nitrogens is 3. The van der Waals surface area contributed by atoms with Gasteiger partial charge in [0.05, 0.1) is 28.0 Å². The first-order chi connectivity index (χ1) is 9.24. The molecular weight excluding hydrogens is 285 g/mol. The van der Waals surface area contributed by atoms with Crippen LogP contribution in [0.3, 0.4) is 0 Å². The molecule has 1 aromatic carbocycles. The van der Waals surface area contributed by atoms with Gasteiger partial charge in [0.25, 0.3) is 0 Å². The molecule has 0 radical (unpaired) electrons. The van der Waals surface area contributed by atoms with Gasteiger partial charge in [-0.2, -0.15) is 0 Å². The van der Waals surface area contributed by atoms with E-state index in [4.69, 9.17) is 27.9 Å². The Kier molecular flexibility index (Phi) is 3.19. The van der Waals surface area contributed by atoms with Gasteiger partial charge in [-0.3, -0.25) is 9.97 Å². The summed E-state index contributed by atoms with van der Waals surface area (Å²) >= 11 is 12.0. The predicted molar refractivity (Wildman–Crippen MR) is 73.9 cm³/mol. The SMILES string of the molecule is Clc1ccc2cc(Oc3cnccn3)cnc2c1Cl. The van der Waals surface area contributed by atoms with Gasteiger partial charge in [0.1, 0.15) is 5.75 Å². The lowest BCUT2D eigenvalue weighted by Gasteiger charge is -2.06. The third-order valence-corrected chi connectivity index (χ3v) is 3.28. The molecule has 0 aliphatic heterocycles. The normalized spacial score (nSPS) is 10.6. The molecule has 3 aromatic rings. The molecule has 0 atom stereocenters. The van der Waals surface area contributed by atoms with Crippen molar-refractivity contribution in [2.75, 3.05) is 0 Å². The number of ether oxygens (including phenoxy) is 1. The number of benzene rings is 1. The minimum absolute atomic E-state index is 0.406. The van der Waals surface area contributed by atoms with Crippen molar-refractivity contribution in [2.24, 2.45) is 0 Å². The number of hydrogen-bond acceptors (Lipinski definition) is 4. The lowest BCUT2D eigenvalue weighted by atomic mass is 10.2. The maximum atomic E-state index is 6.08. The quantitative estimate of drug-likeness (QED) is 0.712. The second-order valence-corrected chi connectivity index (χ2v) is 4.53. The Balaban J connectivity index is 2.01. The summed E-state index contributed by atoms with van der Waals surface area (Å²) in [7, 11) is 0. The molecule has 0 saturated carbocycles. The van der Waals surface area contributed by atoms with E-state index in [0.29, 0.717) is 27.2 Å². The number of nitrogens with zero attached hydrogens (tertiary/aromatic N) is 3. The lowest BCUT2D eigenvalue weighted by molar-refractivity contribution is 0.459. The molecular formula is C13H7Cl2N3O. The molecule has 4 nitrogen and oxygen atoms in total. The van der Waals surface area contributed by atoms with Gasteiger partial charge in [0, 0.05) is 17.8 Å². The summed E-state index contributed by atoms with van der Waals surface area (Å²) in [5.74, 6) is 0.968. The largest absolute Gasteiger partial charge is 0.436 e. The van der Waals surface area contributed by atoms with Gasteiger partial charge in [0.2, 0.25) is 5.88 Å². The molecule has 0 spiro atoms. The fourth-order valence-electron chi connectivity index (χ4n) is 1.64. The molecule has 0 aliphatic carbocycles. The Morgan fingerprint density at radius 3 is 2.68 bits per heavy atom. The topological polar surface area (TPSA) is 47.9 Å². The third-order valence-electron chi connectivity index (χ3n) is 2.48. The second-order valence-electron chi connectivity index (χ2n) is 3.75. The number of fused-ring (bicyclic) bond motifs is 1. The molecule has 3 rings (SSSR count). The fourth-order valence-corrected chi connectivity index (χ4v) is 2.01. The summed E-state index contributed by atoms with van der Waals surface area (Å²) in [5, 5.41) is 1.75. The number of rotatable bonds is 2. The van der Waals surface area contributed by atoms with Crippen LogP contribution in [0, 0.1) is 0 Å². The van der Waals surface area contributed by atoms with Crippen molar-refractivity contribution >= 4 is 34.1 Å². The van der Waals surface area contributed by atoms with Crippen molar-refractivity contribution in [1.82, 2.24) is 15.0 Å². The second kappa shape index (κ2) is 4.99. The highest BCUT2D eigenvalue weighted by molar-refractivity contribution is 6.44. The van der Waals surface area contributed by atoms with E-state index in [9.17, 15) is 0 Å². The van der Waals surface area contributed by atoms with Gasteiger partial charge in [-0.25, -0.2) is 4.98 Å². The highest BCUT2D eigenvalue weighted by Gasteiger charge is 2.07. The molecule has 6 heteroatoms. The standard InChI is InChI=1S/C13H7Cl2N3O/c14-10-2-1-8-5-9(6-18-13(8)12(10)15)19-11-7-16-3-4-17-11/h1-7H. The van der Waals surface area contributed by atoms with Crippen molar-refractivity contribution in [2.45, 2.75) is 0 Å². The Morgan fingerprint density at radius 2 is 1.89 bits per heavy atom. The van der Waals surface area contributed by atoms with Crippen LogP contribution in [0.4, 0.5) is 0 Å². The van der Waals surface area contributed by atoms with Crippen LogP contribution in [-0.2, 0) is 0 Å². The monoisotopic (exact) mass is 291 g/mol. The van der Waals surface area contributed by atoms with Crippen LogP contribution in [0.15, 0.2) is 43.0 Å². The zero-order chi connectivity index (χ0) is 13.2. The first-order valence-corrected chi connectivity index (χ1v) is 6.17. The summed E-state index contributed by atoms with van der Waals surface area (Å²) in [6.45, 7) is 0. The Bertz CT molecular complexity index is 735. The maximum Gasteiger partial charge on any atom is 0.237 e. The summed E-state index contributed by atoms with van der Waals surface area (Å²) in [5.41, 5.74) is 0.640. The lowest BCUT2D eigenvalue weighted by Crippen LogP contribution is -1.90. The number of pyridine rings is 1. The molecule has 0 amide bonds. The van der Waals surface area contributed by atoms with E-state index < -0.39 is 0 Å². The van der Waals surface area contributed by atoms with Crippen LogP contribution < -0.4 is 4.74 Å². The van der Waals surface area contributed by atoms with Gasteiger partial charge < -0.3 is 4.74 Å². The molecule has 0 unspecified atom stereocenters. The minimum Gasteiger partial charge on any atom is -0.436 e. The van der Waals surface area contributed by atoms with Crippen molar-refractivity contribution in [3.63, 3.8) is 0 Å². The first kappa shape index (κ1) is 12.1. The smallest absolute Gasteiger partial charge is 0.237 e. The first-order valence-electron chi connectivity index (χ1n) is 5.41. The number of halogens is 2. The molecule has 19 heavy (non-hydrogen) atoms. The van der Waals surface area contributed by atoms with Gasteiger partial charge in [-0.15, -0.1) is 0 Å². The molecule has 2 aromatic heterocycles. The molecule has 0 fully saturated rings. The van der Waals surface area contributed by atoms with E-state index in [2.05, 4.69) is 15.0 Å². The van der Waals surface area contributed by atoms with Crippen LogP contribution in [0.5, 0.6) is 11.6 Å². The van der Waals surface area contributed by atoms with E-state index in [1.165, 1.54) is 6.20 Å². The van der Waals surface area contributed by atoms with Crippen LogP contribution in [0.25, 0.3) is 10.9 Å². The van der Waals surface area contributed by atoms with E-state index in [0.717, 1.165) is 5.39 Å². The highest BCUT2D eigenvalue weighted by Crippen LogP contribution is 2.31. The van der Waals surface area contributed by atoms with E-state index in [1.54, 1.807) is 24.7 Å². The van der Waals surface area contributed by atoms with Crippen molar-refractivity contribution in [1.29, 1.82) is 0 Å². The van der Waals surface area contributed by atoms with Crippen molar-refractivity contribution < 1.29 is 4.74 Å². The Morgan fingerprint density at radius 1 is 1.00 bits per heavy atom. The molecule has 0 saturated heterocycles. The summed E-state index contributed by atoms with van der Waals surface area (Å²) in [6.07, 6.45) is 6.23. The molecule has 0 aliphatic rings. The fraction of sp³-hybridized carbons (Fsp3) is 0. The van der Waals surface area contributed by atoms with Crippen LogP contribution >= 0.6 is 23.2 Å². The zero-order valence-electron chi connectivity index (χ0n) is 9.55. The Labute approximate surface area is 119 Å². The molecule has 0 N–H and O–H groups in total.